The van der Waals surface area contributed by atoms with Crippen LogP contribution in [0.5, 0.6) is 0 Å². The van der Waals surface area contributed by atoms with Gasteiger partial charge in [0.15, 0.2) is 11.6 Å². The van der Waals surface area contributed by atoms with Gasteiger partial charge in [-0.1, -0.05) is 6.07 Å². The summed E-state index contributed by atoms with van der Waals surface area (Å²) in [5.41, 5.74) is 0.621. The molecule has 0 spiro atoms. The Balaban J connectivity index is 1.73. The molecule has 2 aliphatic rings. The molecule has 0 aliphatic carbocycles. The predicted molar refractivity (Wildman–Crippen MR) is 83.2 cm³/mol. The first kappa shape index (κ1) is 16.6. The standard InChI is InChI=1S/C16H20F2N4O2/c1-21-6-4-13(15(21)10-2-3-11(17)12(18)8-10)20-16(24)22-7-5-19-14(23)9-22/h2-3,8,13,15H,4-7,9H2,1H3,(H,19,23)(H,20,24)/t13-,15+/m0/s1. The summed E-state index contributed by atoms with van der Waals surface area (Å²) in [6.45, 7) is 1.65. The fourth-order valence-corrected chi connectivity index (χ4v) is 3.34. The maximum absolute atomic E-state index is 13.5. The zero-order valence-electron chi connectivity index (χ0n) is 13.4. The van der Waals surface area contributed by atoms with Crippen LogP contribution in [-0.4, -0.2) is 61.0 Å². The molecule has 0 saturated carbocycles. The van der Waals surface area contributed by atoms with Gasteiger partial charge >= 0.3 is 6.03 Å². The average molecular weight is 338 g/mol. The van der Waals surface area contributed by atoms with E-state index in [0.717, 1.165) is 12.6 Å². The SMILES string of the molecule is CN1CC[C@H](NC(=O)N2CCNC(=O)C2)[C@H]1c1ccc(F)c(F)c1. The molecule has 2 atom stereocenters. The largest absolute Gasteiger partial charge is 0.353 e. The van der Waals surface area contributed by atoms with E-state index < -0.39 is 11.6 Å². The molecule has 130 valence electrons. The number of likely N-dealkylation sites (tertiary alicyclic amines) is 1. The minimum absolute atomic E-state index is 0.0320. The maximum Gasteiger partial charge on any atom is 0.318 e. The predicted octanol–water partition coefficient (Wildman–Crippen LogP) is 0.851. The van der Waals surface area contributed by atoms with Crippen molar-refractivity contribution in [3.8, 4) is 0 Å². The number of urea groups is 1. The third kappa shape index (κ3) is 3.33. The van der Waals surface area contributed by atoms with Crippen LogP contribution in [0.4, 0.5) is 13.6 Å². The van der Waals surface area contributed by atoms with Crippen LogP contribution in [0.1, 0.15) is 18.0 Å². The highest BCUT2D eigenvalue weighted by molar-refractivity contribution is 5.85. The summed E-state index contributed by atoms with van der Waals surface area (Å²) in [6.07, 6.45) is 0.700. The van der Waals surface area contributed by atoms with E-state index in [1.54, 1.807) is 6.07 Å². The number of halogens is 2. The maximum atomic E-state index is 13.5. The number of hydrogen-bond acceptors (Lipinski definition) is 3. The summed E-state index contributed by atoms with van der Waals surface area (Å²) in [5.74, 6) is -1.97. The van der Waals surface area contributed by atoms with Gasteiger partial charge in [-0.25, -0.2) is 13.6 Å². The molecule has 2 fully saturated rings. The second-order valence-corrected chi connectivity index (χ2v) is 6.22. The number of amides is 3. The third-order valence-corrected chi connectivity index (χ3v) is 4.57. The molecule has 0 bridgehead atoms. The molecule has 3 amide bonds. The van der Waals surface area contributed by atoms with Crippen molar-refractivity contribution in [3.05, 3.63) is 35.4 Å². The van der Waals surface area contributed by atoms with Crippen LogP contribution in [0.3, 0.4) is 0 Å². The Morgan fingerprint density at radius 1 is 1.29 bits per heavy atom. The summed E-state index contributed by atoms with van der Waals surface area (Å²) in [7, 11) is 1.88. The molecule has 24 heavy (non-hydrogen) atoms. The first-order valence-corrected chi connectivity index (χ1v) is 7.93. The Kier molecular flexibility index (Phi) is 4.66. The molecule has 2 aliphatic heterocycles. The first-order valence-electron chi connectivity index (χ1n) is 7.93. The van der Waals surface area contributed by atoms with Crippen LogP contribution in [0.25, 0.3) is 0 Å². The van der Waals surface area contributed by atoms with Crippen molar-refractivity contribution in [2.45, 2.75) is 18.5 Å². The summed E-state index contributed by atoms with van der Waals surface area (Å²) in [5, 5.41) is 5.60. The smallest absolute Gasteiger partial charge is 0.318 e. The molecule has 8 heteroatoms. The van der Waals surface area contributed by atoms with Crippen LogP contribution < -0.4 is 10.6 Å². The van der Waals surface area contributed by atoms with E-state index in [2.05, 4.69) is 10.6 Å². The minimum Gasteiger partial charge on any atom is -0.353 e. The number of likely N-dealkylation sites (N-methyl/N-ethyl adjacent to an activating group) is 1. The molecule has 2 saturated heterocycles. The number of hydrogen-bond donors (Lipinski definition) is 2. The Morgan fingerprint density at radius 2 is 2.08 bits per heavy atom. The molecular weight excluding hydrogens is 318 g/mol. The van der Waals surface area contributed by atoms with Crippen molar-refractivity contribution in [2.75, 3.05) is 33.2 Å². The molecule has 0 radical (unpaired) electrons. The molecule has 2 heterocycles. The van der Waals surface area contributed by atoms with E-state index >= 15 is 0 Å². The van der Waals surface area contributed by atoms with E-state index in [9.17, 15) is 18.4 Å². The van der Waals surface area contributed by atoms with Crippen molar-refractivity contribution >= 4 is 11.9 Å². The fourth-order valence-electron chi connectivity index (χ4n) is 3.34. The molecule has 6 nitrogen and oxygen atoms in total. The lowest BCUT2D eigenvalue weighted by Gasteiger charge is -2.31. The van der Waals surface area contributed by atoms with Gasteiger partial charge in [-0.3, -0.25) is 9.69 Å². The highest BCUT2D eigenvalue weighted by atomic mass is 19.2. The highest BCUT2D eigenvalue weighted by Crippen LogP contribution is 2.31. The van der Waals surface area contributed by atoms with Crippen molar-refractivity contribution < 1.29 is 18.4 Å². The van der Waals surface area contributed by atoms with Gasteiger partial charge in [0.1, 0.15) is 6.54 Å². The molecule has 1 aromatic rings. The van der Waals surface area contributed by atoms with Gasteiger partial charge in [0.25, 0.3) is 0 Å². The van der Waals surface area contributed by atoms with E-state index in [0.29, 0.717) is 25.1 Å². The van der Waals surface area contributed by atoms with Gasteiger partial charge in [0.05, 0.1) is 12.1 Å². The number of piperazine rings is 1. The molecular formula is C16H20F2N4O2. The van der Waals surface area contributed by atoms with Crippen LogP contribution in [0, 0.1) is 11.6 Å². The lowest BCUT2D eigenvalue weighted by molar-refractivity contribution is -0.123. The normalized spacial score (nSPS) is 24.8. The van der Waals surface area contributed by atoms with Crippen LogP contribution in [-0.2, 0) is 4.79 Å². The van der Waals surface area contributed by atoms with Crippen LogP contribution in [0.2, 0.25) is 0 Å². The summed E-state index contributed by atoms with van der Waals surface area (Å²) < 4.78 is 26.7. The van der Waals surface area contributed by atoms with Crippen molar-refractivity contribution in [2.24, 2.45) is 0 Å². The van der Waals surface area contributed by atoms with Gasteiger partial charge in [-0.2, -0.15) is 0 Å². The fraction of sp³-hybridized carbons (Fsp3) is 0.500. The van der Waals surface area contributed by atoms with Crippen LogP contribution >= 0.6 is 0 Å². The number of rotatable bonds is 2. The van der Waals surface area contributed by atoms with Gasteiger partial charge in [0, 0.05) is 19.6 Å². The summed E-state index contributed by atoms with van der Waals surface area (Å²) in [6, 6.07) is 3.05. The Labute approximate surface area is 138 Å². The monoisotopic (exact) mass is 338 g/mol. The second kappa shape index (κ2) is 6.72. The Bertz CT molecular complexity index is 655. The van der Waals surface area contributed by atoms with E-state index in [1.165, 1.54) is 11.0 Å². The quantitative estimate of drug-likeness (QED) is 0.840. The minimum atomic E-state index is -0.898. The van der Waals surface area contributed by atoms with Gasteiger partial charge < -0.3 is 15.5 Å². The second-order valence-electron chi connectivity index (χ2n) is 6.22. The van der Waals surface area contributed by atoms with Gasteiger partial charge in [-0.05, 0) is 31.2 Å². The Hall–Kier alpha value is -2.22. The Morgan fingerprint density at radius 3 is 2.79 bits per heavy atom. The molecule has 0 aromatic heterocycles. The summed E-state index contributed by atoms with van der Waals surface area (Å²) >= 11 is 0. The zero-order chi connectivity index (χ0) is 17.3. The van der Waals surface area contributed by atoms with Crippen molar-refractivity contribution in [1.29, 1.82) is 0 Å². The molecule has 0 unspecified atom stereocenters. The third-order valence-electron chi connectivity index (χ3n) is 4.57. The molecule has 2 N–H and O–H groups in total. The van der Waals surface area contributed by atoms with Gasteiger partial charge in [-0.15, -0.1) is 0 Å². The molecule has 3 rings (SSSR count). The average Bonchev–Trinajstić information content (AvgIpc) is 2.90. The number of carbonyl (C=O) groups is 2. The van der Waals surface area contributed by atoms with E-state index in [-0.39, 0.29) is 30.6 Å². The zero-order valence-corrected chi connectivity index (χ0v) is 13.4. The number of nitrogens with zero attached hydrogens (tertiary/aromatic N) is 2. The molecule has 1 aromatic carbocycles. The van der Waals surface area contributed by atoms with Crippen molar-refractivity contribution in [3.63, 3.8) is 0 Å². The highest BCUT2D eigenvalue weighted by Gasteiger charge is 2.35. The first-order chi connectivity index (χ1) is 11.5. The lowest BCUT2D eigenvalue weighted by atomic mass is 10.00. The van der Waals surface area contributed by atoms with E-state index in [4.69, 9.17) is 0 Å². The topological polar surface area (TPSA) is 64.7 Å². The summed E-state index contributed by atoms with van der Waals surface area (Å²) in [4.78, 5) is 27.2. The number of carbonyl (C=O) groups excluding carboxylic acids is 2. The number of benzene rings is 1. The lowest BCUT2D eigenvalue weighted by Crippen LogP contribution is -2.55. The van der Waals surface area contributed by atoms with Crippen molar-refractivity contribution in [1.82, 2.24) is 20.4 Å². The van der Waals surface area contributed by atoms with Gasteiger partial charge in [0.2, 0.25) is 5.91 Å². The van der Waals surface area contributed by atoms with Crippen LogP contribution in [0.15, 0.2) is 18.2 Å². The number of nitrogens with one attached hydrogen (secondary N) is 2. The van der Waals surface area contributed by atoms with E-state index in [1.807, 2.05) is 11.9 Å².